The van der Waals surface area contributed by atoms with E-state index in [2.05, 4.69) is 181 Å². The van der Waals surface area contributed by atoms with Crippen LogP contribution in [0.15, 0.2) is 180 Å². The molecule has 0 saturated carbocycles. The van der Waals surface area contributed by atoms with Crippen LogP contribution in [0, 0.1) is 0 Å². The van der Waals surface area contributed by atoms with Gasteiger partial charge in [0.1, 0.15) is 11.2 Å². The van der Waals surface area contributed by atoms with Gasteiger partial charge in [0.2, 0.25) is 0 Å². The minimum Gasteiger partial charge on any atom is -0.456 e. The van der Waals surface area contributed by atoms with Crippen LogP contribution >= 0.6 is 0 Å². The van der Waals surface area contributed by atoms with Gasteiger partial charge in [-0.25, -0.2) is 0 Å². The molecule has 0 aliphatic carbocycles. The zero-order chi connectivity index (χ0) is 31.6. The molecule has 0 aliphatic heterocycles. The molecule has 9 aromatic carbocycles. The average molecular weight is 612 g/mol. The fourth-order valence-corrected chi connectivity index (χ4v) is 7.52. The molecule has 0 radical (unpaired) electrons. The molecule has 0 spiro atoms. The lowest BCUT2D eigenvalue weighted by atomic mass is 9.96. The van der Waals surface area contributed by atoms with Gasteiger partial charge in [-0.05, 0) is 96.7 Å². The lowest BCUT2D eigenvalue weighted by Gasteiger charge is -2.26. The molecule has 1 aromatic heterocycles. The van der Waals surface area contributed by atoms with Crippen molar-refractivity contribution in [3.05, 3.63) is 176 Å². The van der Waals surface area contributed by atoms with E-state index in [0.717, 1.165) is 33.6 Å². The second-order valence-electron chi connectivity index (χ2n) is 12.5. The van der Waals surface area contributed by atoms with Gasteiger partial charge in [-0.15, -0.1) is 0 Å². The zero-order valence-corrected chi connectivity index (χ0v) is 26.1. The summed E-state index contributed by atoms with van der Waals surface area (Å²) in [5, 5.41) is 12.3. The molecule has 10 rings (SSSR count). The highest BCUT2D eigenvalue weighted by atomic mass is 16.3. The number of anilines is 3. The van der Waals surface area contributed by atoms with Gasteiger partial charge < -0.3 is 9.32 Å². The fraction of sp³-hybridized carbons (Fsp3) is 0. The Morgan fingerprint density at radius 2 is 0.854 bits per heavy atom. The summed E-state index contributed by atoms with van der Waals surface area (Å²) in [7, 11) is 0. The van der Waals surface area contributed by atoms with Gasteiger partial charge in [0.15, 0.2) is 0 Å². The van der Waals surface area contributed by atoms with E-state index in [1.54, 1.807) is 0 Å². The Labute approximate surface area is 277 Å². The summed E-state index contributed by atoms with van der Waals surface area (Å²) in [6.45, 7) is 0. The molecule has 48 heavy (non-hydrogen) atoms. The first-order valence-electron chi connectivity index (χ1n) is 16.4. The fourth-order valence-electron chi connectivity index (χ4n) is 7.52. The van der Waals surface area contributed by atoms with Crippen molar-refractivity contribution in [3.63, 3.8) is 0 Å². The van der Waals surface area contributed by atoms with E-state index in [1.165, 1.54) is 59.6 Å². The molecule has 2 nitrogen and oxygen atoms in total. The minimum atomic E-state index is 0.878. The lowest BCUT2D eigenvalue weighted by Crippen LogP contribution is -2.09. The summed E-state index contributed by atoms with van der Waals surface area (Å²) in [5.41, 5.74) is 7.40. The maximum Gasteiger partial charge on any atom is 0.137 e. The van der Waals surface area contributed by atoms with E-state index in [1.807, 2.05) is 0 Å². The summed E-state index contributed by atoms with van der Waals surface area (Å²) >= 11 is 0. The quantitative estimate of drug-likeness (QED) is 0.184. The number of furan rings is 1. The van der Waals surface area contributed by atoms with E-state index in [0.29, 0.717) is 0 Å². The van der Waals surface area contributed by atoms with Crippen molar-refractivity contribution in [2.24, 2.45) is 0 Å². The summed E-state index contributed by atoms with van der Waals surface area (Å²) in [4.78, 5) is 2.34. The van der Waals surface area contributed by atoms with Gasteiger partial charge in [0.05, 0.1) is 0 Å². The van der Waals surface area contributed by atoms with Crippen molar-refractivity contribution in [2.45, 2.75) is 0 Å². The Hall–Kier alpha value is -6.38. The topological polar surface area (TPSA) is 16.4 Å². The van der Waals surface area contributed by atoms with Crippen LogP contribution in [0.2, 0.25) is 0 Å². The molecular formula is C46H29NO. The summed E-state index contributed by atoms with van der Waals surface area (Å²) < 4.78 is 6.53. The molecule has 0 fully saturated rings. The monoisotopic (exact) mass is 611 g/mol. The van der Waals surface area contributed by atoms with Crippen LogP contribution in [-0.4, -0.2) is 0 Å². The normalized spacial score (nSPS) is 11.8. The van der Waals surface area contributed by atoms with E-state index >= 15 is 0 Å². The molecule has 0 N–H and O–H groups in total. The largest absolute Gasteiger partial charge is 0.456 e. The predicted octanol–water partition coefficient (Wildman–Crippen LogP) is 13.3. The standard InChI is InChI=1S/C46H29NO/c1-2-8-30(9-3-1)31-18-21-36(22-19-31)47(38-24-26-42-44(29-38)48-43-27-20-33-11-5-7-13-40(33)46(42)43)37-23-25-41-35(28-37)17-16-34-15-14-32-10-4-6-12-39(32)45(34)41/h1-29H. The van der Waals surface area contributed by atoms with Crippen molar-refractivity contribution in [2.75, 3.05) is 4.90 Å². The van der Waals surface area contributed by atoms with Crippen LogP contribution in [-0.2, 0) is 0 Å². The predicted molar refractivity (Wildman–Crippen MR) is 204 cm³/mol. The maximum atomic E-state index is 6.53. The SMILES string of the molecule is c1ccc(-c2ccc(N(c3ccc4c(ccc5ccc6ccccc6c54)c3)c3ccc4c(c3)oc3ccc5ccccc5c34)cc2)cc1. The molecule has 0 atom stereocenters. The molecule has 0 amide bonds. The van der Waals surface area contributed by atoms with Crippen LogP contribution < -0.4 is 4.90 Å². The Kier molecular flexibility index (Phi) is 5.91. The van der Waals surface area contributed by atoms with Crippen LogP contribution in [0.3, 0.4) is 0 Å². The highest BCUT2D eigenvalue weighted by Crippen LogP contribution is 2.42. The maximum absolute atomic E-state index is 6.53. The van der Waals surface area contributed by atoms with Crippen molar-refractivity contribution >= 4 is 82.1 Å². The van der Waals surface area contributed by atoms with Crippen LogP contribution in [0.1, 0.15) is 0 Å². The first-order chi connectivity index (χ1) is 23.8. The molecule has 2 heteroatoms. The molecule has 10 aromatic rings. The molecule has 0 unspecified atom stereocenters. The highest BCUT2D eigenvalue weighted by molar-refractivity contribution is 6.21. The van der Waals surface area contributed by atoms with Gasteiger partial charge in [-0.3, -0.25) is 0 Å². The second-order valence-corrected chi connectivity index (χ2v) is 12.5. The van der Waals surface area contributed by atoms with Gasteiger partial charge >= 0.3 is 0 Å². The first kappa shape index (κ1) is 26.8. The smallest absolute Gasteiger partial charge is 0.137 e. The minimum absolute atomic E-state index is 0.878. The van der Waals surface area contributed by atoms with Crippen LogP contribution in [0.25, 0.3) is 76.2 Å². The van der Waals surface area contributed by atoms with Gasteiger partial charge in [-0.2, -0.15) is 0 Å². The molecular weight excluding hydrogens is 583 g/mol. The van der Waals surface area contributed by atoms with Crippen molar-refractivity contribution in [1.29, 1.82) is 0 Å². The summed E-state index contributed by atoms with van der Waals surface area (Å²) in [6, 6.07) is 63.3. The molecule has 224 valence electrons. The zero-order valence-electron chi connectivity index (χ0n) is 26.1. The number of benzene rings is 9. The third-order valence-corrected chi connectivity index (χ3v) is 9.80. The number of nitrogens with zero attached hydrogens (tertiary/aromatic N) is 1. The van der Waals surface area contributed by atoms with E-state index < -0.39 is 0 Å². The van der Waals surface area contributed by atoms with Gasteiger partial charge in [0, 0.05) is 33.9 Å². The van der Waals surface area contributed by atoms with Crippen LogP contribution in [0.4, 0.5) is 17.1 Å². The first-order valence-corrected chi connectivity index (χ1v) is 16.4. The highest BCUT2D eigenvalue weighted by Gasteiger charge is 2.18. The Bertz CT molecular complexity index is 2830. The molecule has 0 aliphatic rings. The third-order valence-electron chi connectivity index (χ3n) is 9.80. The Morgan fingerprint density at radius 1 is 0.312 bits per heavy atom. The molecule has 1 heterocycles. The number of hydrogen-bond donors (Lipinski definition) is 0. The van der Waals surface area contributed by atoms with Crippen molar-refractivity contribution < 1.29 is 4.42 Å². The second kappa shape index (κ2) is 10.6. The third kappa shape index (κ3) is 4.20. The average Bonchev–Trinajstić information content (AvgIpc) is 3.54. The van der Waals surface area contributed by atoms with Crippen LogP contribution in [0.5, 0.6) is 0 Å². The van der Waals surface area contributed by atoms with Gasteiger partial charge in [0.25, 0.3) is 0 Å². The number of hydrogen-bond acceptors (Lipinski definition) is 2. The van der Waals surface area contributed by atoms with E-state index in [-0.39, 0.29) is 0 Å². The van der Waals surface area contributed by atoms with Gasteiger partial charge in [-0.1, -0.05) is 127 Å². The number of rotatable bonds is 4. The van der Waals surface area contributed by atoms with E-state index in [4.69, 9.17) is 4.42 Å². The Morgan fingerprint density at radius 3 is 1.62 bits per heavy atom. The molecule has 0 bridgehead atoms. The number of fused-ring (bicyclic) bond motifs is 10. The summed E-state index contributed by atoms with van der Waals surface area (Å²) in [5.74, 6) is 0. The van der Waals surface area contributed by atoms with E-state index in [9.17, 15) is 0 Å². The molecule has 0 saturated heterocycles. The lowest BCUT2D eigenvalue weighted by molar-refractivity contribution is 0.669. The Balaban J connectivity index is 1.17. The van der Waals surface area contributed by atoms with Crippen molar-refractivity contribution in [1.82, 2.24) is 0 Å². The van der Waals surface area contributed by atoms with Crippen molar-refractivity contribution in [3.8, 4) is 11.1 Å². The summed E-state index contributed by atoms with van der Waals surface area (Å²) in [6.07, 6.45) is 0.